The maximum Gasteiger partial charge on any atom is 0.133 e. The third-order valence-corrected chi connectivity index (χ3v) is 3.44. The maximum absolute atomic E-state index is 11.3. The highest BCUT2D eigenvalue weighted by Crippen LogP contribution is 2.23. The second-order valence-corrected chi connectivity index (χ2v) is 4.85. The van der Waals surface area contributed by atoms with Crippen LogP contribution in [0.5, 0.6) is 0 Å². The van der Waals surface area contributed by atoms with Crippen molar-refractivity contribution in [3.05, 3.63) is 0 Å². The molecule has 1 heterocycles. The van der Waals surface area contributed by atoms with Crippen molar-refractivity contribution in [1.29, 1.82) is 0 Å². The second kappa shape index (κ2) is 4.60. The fraction of sp³-hybridized carbons (Fsp3) is 0.909. The Bertz CT molecular complexity index is 234. The molecule has 0 aromatic carbocycles. The quantitative estimate of drug-likeness (QED) is 0.666. The van der Waals surface area contributed by atoms with Crippen LogP contribution in [-0.4, -0.2) is 52.7 Å². The zero-order chi connectivity index (χ0) is 10.8. The zero-order valence-corrected chi connectivity index (χ0v) is 8.93. The number of hydrogen-bond acceptors (Lipinski definition) is 4. The lowest BCUT2D eigenvalue weighted by atomic mass is 9.88. The molecule has 3 atom stereocenters. The number of aliphatic hydroxyl groups is 2. The van der Waals surface area contributed by atoms with E-state index in [4.69, 9.17) is 0 Å². The lowest BCUT2D eigenvalue weighted by molar-refractivity contribution is -0.121. The van der Waals surface area contributed by atoms with Gasteiger partial charge < -0.3 is 10.2 Å². The maximum atomic E-state index is 11.3. The van der Waals surface area contributed by atoms with Crippen molar-refractivity contribution in [1.82, 2.24) is 4.90 Å². The first-order valence-corrected chi connectivity index (χ1v) is 5.75. The summed E-state index contributed by atoms with van der Waals surface area (Å²) in [7, 11) is 0. The van der Waals surface area contributed by atoms with Gasteiger partial charge in [-0.25, -0.2) is 0 Å². The van der Waals surface area contributed by atoms with E-state index in [2.05, 4.69) is 4.90 Å². The Morgan fingerprint density at radius 2 is 1.93 bits per heavy atom. The van der Waals surface area contributed by atoms with Crippen LogP contribution in [0.2, 0.25) is 0 Å². The normalized spacial score (nSPS) is 38.5. The lowest BCUT2D eigenvalue weighted by Gasteiger charge is -2.25. The van der Waals surface area contributed by atoms with E-state index in [9.17, 15) is 15.0 Å². The predicted octanol–water partition coefficient (Wildman–Crippen LogP) is -0.217. The van der Waals surface area contributed by atoms with Gasteiger partial charge >= 0.3 is 0 Å². The van der Waals surface area contributed by atoms with Crippen LogP contribution in [-0.2, 0) is 4.79 Å². The van der Waals surface area contributed by atoms with Crippen LogP contribution < -0.4 is 0 Å². The smallest absolute Gasteiger partial charge is 0.133 e. The summed E-state index contributed by atoms with van der Waals surface area (Å²) in [6.45, 7) is 1.94. The van der Waals surface area contributed by atoms with E-state index in [0.29, 0.717) is 31.2 Å². The average Bonchev–Trinajstić information content (AvgIpc) is 2.45. The van der Waals surface area contributed by atoms with Gasteiger partial charge in [0.05, 0.1) is 12.2 Å². The predicted molar refractivity (Wildman–Crippen MR) is 55.4 cm³/mol. The van der Waals surface area contributed by atoms with Crippen LogP contribution in [0, 0.1) is 5.92 Å². The summed E-state index contributed by atoms with van der Waals surface area (Å²) in [6.07, 6.45) is 2.31. The minimum absolute atomic E-state index is 0.367. The van der Waals surface area contributed by atoms with Gasteiger partial charge in [0.1, 0.15) is 5.78 Å². The molecule has 3 unspecified atom stereocenters. The van der Waals surface area contributed by atoms with Gasteiger partial charge in [-0.3, -0.25) is 9.69 Å². The average molecular weight is 213 g/mol. The molecule has 1 saturated heterocycles. The fourth-order valence-electron chi connectivity index (χ4n) is 2.63. The van der Waals surface area contributed by atoms with E-state index in [1.54, 1.807) is 0 Å². The molecular weight excluding hydrogens is 194 g/mol. The van der Waals surface area contributed by atoms with Crippen molar-refractivity contribution in [3.8, 4) is 0 Å². The highest BCUT2D eigenvalue weighted by atomic mass is 16.3. The first kappa shape index (κ1) is 11.0. The van der Waals surface area contributed by atoms with E-state index in [0.717, 1.165) is 25.8 Å². The van der Waals surface area contributed by atoms with Crippen LogP contribution in [0.3, 0.4) is 0 Å². The monoisotopic (exact) mass is 213 g/mol. The molecule has 2 fully saturated rings. The van der Waals surface area contributed by atoms with Crippen LogP contribution in [0.25, 0.3) is 0 Å². The van der Waals surface area contributed by atoms with Crippen LogP contribution in [0.1, 0.15) is 25.7 Å². The molecule has 0 amide bonds. The molecule has 0 radical (unpaired) electrons. The van der Waals surface area contributed by atoms with Gasteiger partial charge in [0.15, 0.2) is 0 Å². The molecule has 1 aliphatic heterocycles. The molecule has 2 rings (SSSR count). The van der Waals surface area contributed by atoms with Crippen molar-refractivity contribution in [2.45, 2.75) is 37.9 Å². The fourth-order valence-corrected chi connectivity index (χ4v) is 2.63. The minimum Gasteiger partial charge on any atom is -0.389 e. The number of ketones is 1. The third kappa shape index (κ3) is 2.77. The zero-order valence-electron chi connectivity index (χ0n) is 8.93. The SMILES string of the molecule is O=C1CCCC(CN2CC(O)C(O)C2)C1. The van der Waals surface area contributed by atoms with Gasteiger partial charge in [0.2, 0.25) is 0 Å². The van der Waals surface area contributed by atoms with Gasteiger partial charge in [0.25, 0.3) is 0 Å². The van der Waals surface area contributed by atoms with Crippen molar-refractivity contribution >= 4 is 5.78 Å². The molecule has 4 heteroatoms. The van der Waals surface area contributed by atoms with Gasteiger partial charge in [0, 0.05) is 32.5 Å². The summed E-state index contributed by atoms with van der Waals surface area (Å²) < 4.78 is 0. The number of Topliss-reactive ketones (excluding diaryl/α,β-unsaturated/α-hetero) is 1. The summed E-state index contributed by atoms with van der Waals surface area (Å²) in [5.41, 5.74) is 0. The lowest BCUT2D eigenvalue weighted by Crippen LogP contribution is -2.31. The van der Waals surface area contributed by atoms with Crippen molar-refractivity contribution in [2.24, 2.45) is 5.92 Å². The third-order valence-electron chi connectivity index (χ3n) is 3.44. The molecule has 0 aromatic heterocycles. The Labute approximate surface area is 89.9 Å². The molecule has 0 bridgehead atoms. The largest absolute Gasteiger partial charge is 0.389 e. The van der Waals surface area contributed by atoms with Crippen molar-refractivity contribution < 1.29 is 15.0 Å². The van der Waals surface area contributed by atoms with Gasteiger partial charge in [-0.1, -0.05) is 0 Å². The first-order valence-electron chi connectivity index (χ1n) is 5.75. The number of carbonyl (C=O) groups is 1. The summed E-state index contributed by atoms with van der Waals surface area (Å²) in [4.78, 5) is 13.3. The van der Waals surface area contributed by atoms with Crippen molar-refractivity contribution in [3.63, 3.8) is 0 Å². The Balaban J connectivity index is 1.79. The van der Waals surface area contributed by atoms with Gasteiger partial charge in [-0.15, -0.1) is 0 Å². The van der Waals surface area contributed by atoms with E-state index >= 15 is 0 Å². The summed E-state index contributed by atoms with van der Waals surface area (Å²) >= 11 is 0. The number of β-amino-alcohol motifs (C(OH)–C–C–N with tert-alkyl or cyclic N) is 2. The van der Waals surface area contributed by atoms with E-state index in [1.165, 1.54) is 0 Å². The standard InChI is InChI=1S/C11H19NO3/c13-9-3-1-2-8(4-9)5-12-6-10(14)11(15)7-12/h8,10-11,14-15H,1-7H2. The molecule has 0 spiro atoms. The Morgan fingerprint density at radius 3 is 2.53 bits per heavy atom. The van der Waals surface area contributed by atoms with E-state index in [-0.39, 0.29) is 0 Å². The molecule has 1 saturated carbocycles. The molecule has 0 aromatic rings. The molecule has 2 N–H and O–H groups in total. The molecule has 86 valence electrons. The molecule has 4 nitrogen and oxygen atoms in total. The van der Waals surface area contributed by atoms with E-state index < -0.39 is 12.2 Å². The number of aliphatic hydroxyl groups excluding tert-OH is 2. The number of likely N-dealkylation sites (tertiary alicyclic amines) is 1. The highest BCUT2D eigenvalue weighted by Gasteiger charge is 2.31. The van der Waals surface area contributed by atoms with E-state index in [1.807, 2.05) is 0 Å². The van der Waals surface area contributed by atoms with Crippen LogP contribution >= 0.6 is 0 Å². The summed E-state index contributed by atoms with van der Waals surface area (Å²) in [6, 6.07) is 0. The highest BCUT2D eigenvalue weighted by molar-refractivity contribution is 5.79. The number of rotatable bonds is 2. The van der Waals surface area contributed by atoms with Crippen LogP contribution in [0.4, 0.5) is 0 Å². The Kier molecular flexibility index (Phi) is 3.38. The number of hydrogen-bond donors (Lipinski definition) is 2. The Hall–Kier alpha value is -0.450. The topological polar surface area (TPSA) is 60.8 Å². The first-order chi connectivity index (χ1) is 7.15. The Morgan fingerprint density at radius 1 is 1.27 bits per heavy atom. The second-order valence-electron chi connectivity index (χ2n) is 4.85. The summed E-state index contributed by atoms with van der Waals surface area (Å²) in [5.74, 6) is 0.801. The molecule has 15 heavy (non-hydrogen) atoms. The van der Waals surface area contributed by atoms with Gasteiger partial charge in [-0.05, 0) is 18.8 Å². The minimum atomic E-state index is -0.607. The van der Waals surface area contributed by atoms with Gasteiger partial charge in [-0.2, -0.15) is 0 Å². The number of nitrogens with zero attached hydrogens (tertiary/aromatic N) is 1. The number of carbonyl (C=O) groups excluding carboxylic acids is 1. The molecule has 2 aliphatic rings. The molecule has 1 aliphatic carbocycles. The molecular formula is C11H19NO3. The summed E-state index contributed by atoms with van der Waals surface area (Å²) in [5, 5.41) is 18.8. The van der Waals surface area contributed by atoms with Crippen LogP contribution in [0.15, 0.2) is 0 Å². The van der Waals surface area contributed by atoms with Crippen molar-refractivity contribution in [2.75, 3.05) is 19.6 Å².